The highest BCUT2D eigenvalue weighted by atomic mass is 16.5. The first kappa shape index (κ1) is 26.9. The third-order valence-corrected chi connectivity index (χ3v) is 7.38. The summed E-state index contributed by atoms with van der Waals surface area (Å²) in [6.07, 6.45) is 7.30. The summed E-state index contributed by atoms with van der Waals surface area (Å²) in [5.41, 5.74) is 12.9. The zero-order chi connectivity index (χ0) is 28.2. The standard InChI is InChI=1S/C30H34N8O3/c1-2-10-40-12-13-41-11-7-25(39)37-9-6-21-14-20(3-4-23(21)18-37)17-38-30-26(28(31)34-19-35-30)27(36-38)24-15-22-5-8-32-29(22)33-16-24/h3-5,8,14-16,19H,2,6-7,9-13,17-18H2,1H3,(H,32,33)(H2,31,34,35). The quantitative estimate of drug-likeness (QED) is 0.236. The number of aromatic nitrogens is 6. The van der Waals surface area contributed by atoms with Crippen LogP contribution in [0, 0.1) is 0 Å². The Morgan fingerprint density at radius 3 is 2.80 bits per heavy atom. The lowest BCUT2D eigenvalue weighted by Gasteiger charge is -2.29. The van der Waals surface area contributed by atoms with Gasteiger partial charge in [-0.3, -0.25) is 4.79 Å². The zero-order valence-corrected chi connectivity index (χ0v) is 23.2. The molecule has 0 saturated carbocycles. The van der Waals surface area contributed by atoms with Crippen LogP contribution in [0.5, 0.6) is 0 Å². The molecule has 1 aromatic carbocycles. The molecule has 1 amide bonds. The molecule has 11 nitrogen and oxygen atoms in total. The van der Waals surface area contributed by atoms with Crippen molar-refractivity contribution in [3.05, 3.63) is 65.7 Å². The molecule has 5 aromatic rings. The second-order valence-electron chi connectivity index (χ2n) is 10.2. The van der Waals surface area contributed by atoms with Gasteiger partial charge in [-0.1, -0.05) is 25.1 Å². The number of anilines is 1. The smallest absolute Gasteiger partial charge is 0.225 e. The third kappa shape index (κ3) is 5.77. The predicted molar refractivity (Wildman–Crippen MR) is 156 cm³/mol. The second kappa shape index (κ2) is 12.0. The summed E-state index contributed by atoms with van der Waals surface area (Å²) in [6.45, 7) is 6.15. The SMILES string of the molecule is CCCOCCOCCC(=O)N1CCc2cc(Cn3nc(-c4cnc5[nH]ccc5c4)c4c(N)ncnc43)ccc2C1. The van der Waals surface area contributed by atoms with Gasteiger partial charge in [0.15, 0.2) is 5.65 Å². The number of carbonyl (C=O) groups excluding carboxylic acids is 1. The van der Waals surface area contributed by atoms with Crippen molar-refractivity contribution in [3.8, 4) is 11.3 Å². The summed E-state index contributed by atoms with van der Waals surface area (Å²) in [7, 11) is 0. The van der Waals surface area contributed by atoms with Crippen molar-refractivity contribution in [2.75, 3.05) is 38.7 Å². The number of nitrogens with one attached hydrogen (secondary N) is 1. The molecule has 1 aliphatic heterocycles. The number of carbonyl (C=O) groups is 1. The number of ether oxygens (including phenoxy) is 2. The van der Waals surface area contributed by atoms with Gasteiger partial charge in [0.05, 0.1) is 38.2 Å². The highest BCUT2D eigenvalue weighted by Gasteiger charge is 2.22. The van der Waals surface area contributed by atoms with Gasteiger partial charge in [0.1, 0.15) is 23.5 Å². The lowest BCUT2D eigenvalue weighted by molar-refractivity contribution is -0.133. The van der Waals surface area contributed by atoms with Crippen LogP contribution in [-0.4, -0.2) is 73.5 Å². The Kier molecular flexibility index (Phi) is 7.88. The normalized spacial score (nSPS) is 13.2. The second-order valence-corrected chi connectivity index (χ2v) is 10.2. The molecule has 0 atom stereocenters. The number of aromatic amines is 1. The molecule has 0 aliphatic carbocycles. The highest BCUT2D eigenvalue weighted by Crippen LogP contribution is 2.31. The maximum absolute atomic E-state index is 12.8. The molecular weight excluding hydrogens is 520 g/mol. The number of fused-ring (bicyclic) bond motifs is 3. The summed E-state index contributed by atoms with van der Waals surface area (Å²) in [5, 5.41) is 6.63. The van der Waals surface area contributed by atoms with Crippen molar-refractivity contribution in [2.24, 2.45) is 0 Å². The van der Waals surface area contributed by atoms with Crippen molar-refractivity contribution in [2.45, 2.75) is 39.3 Å². The molecule has 41 heavy (non-hydrogen) atoms. The average molecular weight is 555 g/mol. The summed E-state index contributed by atoms with van der Waals surface area (Å²) < 4.78 is 12.8. The molecule has 6 rings (SSSR count). The number of hydrogen-bond donors (Lipinski definition) is 2. The molecule has 0 bridgehead atoms. The lowest BCUT2D eigenvalue weighted by atomic mass is 9.97. The number of nitrogen functional groups attached to an aromatic ring is 1. The summed E-state index contributed by atoms with van der Waals surface area (Å²) in [6, 6.07) is 10.4. The highest BCUT2D eigenvalue weighted by molar-refractivity contribution is 5.99. The van der Waals surface area contributed by atoms with Gasteiger partial charge in [0.2, 0.25) is 5.91 Å². The van der Waals surface area contributed by atoms with Crippen LogP contribution in [0.15, 0.2) is 49.1 Å². The number of pyridine rings is 1. The van der Waals surface area contributed by atoms with E-state index in [1.807, 2.05) is 27.9 Å². The molecule has 0 spiro atoms. The number of nitrogens with zero attached hydrogens (tertiary/aromatic N) is 6. The fourth-order valence-electron chi connectivity index (χ4n) is 5.29. The van der Waals surface area contributed by atoms with Crippen molar-refractivity contribution in [3.63, 3.8) is 0 Å². The van der Waals surface area contributed by atoms with Crippen LogP contribution >= 0.6 is 0 Å². The van der Waals surface area contributed by atoms with E-state index in [2.05, 4.69) is 45.1 Å². The number of benzene rings is 1. The molecule has 4 aromatic heterocycles. The first-order valence-electron chi connectivity index (χ1n) is 14.0. The average Bonchev–Trinajstić information content (AvgIpc) is 3.61. The molecule has 5 heterocycles. The van der Waals surface area contributed by atoms with Crippen molar-refractivity contribution < 1.29 is 14.3 Å². The van der Waals surface area contributed by atoms with E-state index >= 15 is 0 Å². The molecular formula is C30H34N8O3. The monoisotopic (exact) mass is 554 g/mol. The zero-order valence-electron chi connectivity index (χ0n) is 23.2. The van der Waals surface area contributed by atoms with Crippen LogP contribution in [0.4, 0.5) is 5.82 Å². The van der Waals surface area contributed by atoms with Gasteiger partial charge in [-0.05, 0) is 41.7 Å². The Morgan fingerprint density at radius 1 is 1.05 bits per heavy atom. The first-order valence-corrected chi connectivity index (χ1v) is 14.0. The molecule has 0 unspecified atom stereocenters. The van der Waals surface area contributed by atoms with E-state index in [4.69, 9.17) is 20.3 Å². The molecule has 3 N–H and O–H groups in total. The van der Waals surface area contributed by atoms with Gasteiger partial charge in [-0.25, -0.2) is 19.6 Å². The van der Waals surface area contributed by atoms with Gasteiger partial charge < -0.3 is 25.1 Å². The maximum atomic E-state index is 12.8. The number of hydrogen-bond acceptors (Lipinski definition) is 8. The van der Waals surface area contributed by atoms with Gasteiger partial charge in [0, 0.05) is 43.0 Å². The van der Waals surface area contributed by atoms with Crippen LogP contribution in [0.1, 0.15) is 36.5 Å². The Bertz CT molecular complexity index is 1680. The Hall–Kier alpha value is -4.35. The third-order valence-electron chi connectivity index (χ3n) is 7.38. The number of nitrogens with two attached hydrogens (primary N) is 1. The van der Waals surface area contributed by atoms with Crippen molar-refractivity contribution >= 4 is 33.8 Å². The largest absolute Gasteiger partial charge is 0.383 e. The first-order chi connectivity index (χ1) is 20.1. The van der Waals surface area contributed by atoms with E-state index in [0.29, 0.717) is 68.4 Å². The van der Waals surface area contributed by atoms with E-state index in [9.17, 15) is 4.79 Å². The Morgan fingerprint density at radius 2 is 1.93 bits per heavy atom. The number of amides is 1. The van der Waals surface area contributed by atoms with Crippen LogP contribution in [0.25, 0.3) is 33.3 Å². The fraction of sp³-hybridized carbons (Fsp3) is 0.367. The predicted octanol–water partition coefficient (Wildman–Crippen LogP) is 3.72. The lowest BCUT2D eigenvalue weighted by Crippen LogP contribution is -2.36. The summed E-state index contributed by atoms with van der Waals surface area (Å²) in [4.78, 5) is 31.1. The van der Waals surface area contributed by atoms with Crippen LogP contribution in [-0.2, 0) is 33.8 Å². The molecule has 0 radical (unpaired) electrons. The Balaban J connectivity index is 1.15. The maximum Gasteiger partial charge on any atom is 0.225 e. The number of H-pyrrole nitrogens is 1. The fourth-order valence-corrected chi connectivity index (χ4v) is 5.29. The minimum atomic E-state index is 0.120. The Labute approximate surface area is 237 Å². The van der Waals surface area contributed by atoms with Crippen molar-refractivity contribution in [1.29, 1.82) is 0 Å². The van der Waals surface area contributed by atoms with E-state index in [1.165, 1.54) is 17.5 Å². The molecule has 11 heteroatoms. The van der Waals surface area contributed by atoms with E-state index in [-0.39, 0.29) is 5.91 Å². The molecule has 0 fully saturated rings. The van der Waals surface area contributed by atoms with E-state index in [0.717, 1.165) is 41.6 Å². The van der Waals surface area contributed by atoms with Crippen LogP contribution in [0.3, 0.4) is 0 Å². The van der Waals surface area contributed by atoms with Gasteiger partial charge in [0.25, 0.3) is 0 Å². The topological polar surface area (TPSA) is 137 Å². The van der Waals surface area contributed by atoms with E-state index in [1.54, 1.807) is 6.20 Å². The molecule has 212 valence electrons. The van der Waals surface area contributed by atoms with Gasteiger partial charge >= 0.3 is 0 Å². The van der Waals surface area contributed by atoms with E-state index < -0.39 is 0 Å². The van der Waals surface area contributed by atoms with Crippen molar-refractivity contribution in [1.82, 2.24) is 34.6 Å². The molecule has 1 aliphatic rings. The molecule has 0 saturated heterocycles. The number of rotatable bonds is 11. The van der Waals surface area contributed by atoms with Gasteiger partial charge in [-0.15, -0.1) is 0 Å². The summed E-state index contributed by atoms with van der Waals surface area (Å²) in [5.74, 6) is 0.505. The van der Waals surface area contributed by atoms with Crippen LogP contribution in [0.2, 0.25) is 0 Å². The van der Waals surface area contributed by atoms with Gasteiger partial charge in [-0.2, -0.15) is 5.10 Å². The minimum absolute atomic E-state index is 0.120. The summed E-state index contributed by atoms with van der Waals surface area (Å²) >= 11 is 0. The minimum Gasteiger partial charge on any atom is -0.383 e. The van der Waals surface area contributed by atoms with Crippen LogP contribution < -0.4 is 5.73 Å².